The number of benzene rings is 2. The van der Waals surface area contributed by atoms with E-state index in [9.17, 15) is 5.26 Å². The molecule has 1 aromatic heterocycles. The Labute approximate surface area is 247 Å². The fourth-order valence-corrected chi connectivity index (χ4v) is 7.43. The number of pyridine rings is 1. The highest BCUT2D eigenvalue weighted by Crippen LogP contribution is 2.40. The second-order valence-electron chi connectivity index (χ2n) is 11.6. The van der Waals surface area contributed by atoms with E-state index in [0.717, 1.165) is 71.9 Å². The average Bonchev–Trinajstić information content (AvgIpc) is 3.53. The number of likely N-dealkylation sites (N-methyl/N-ethyl adjacent to an activating group) is 1. The van der Waals surface area contributed by atoms with Crippen LogP contribution in [0.25, 0.3) is 10.8 Å². The summed E-state index contributed by atoms with van der Waals surface area (Å²) in [6.45, 7) is 5.05. The number of hydrogen-bond acceptors (Lipinski definition) is 7. The van der Waals surface area contributed by atoms with Gasteiger partial charge in [-0.05, 0) is 63.2 Å². The van der Waals surface area contributed by atoms with Crippen LogP contribution < -0.4 is 19.9 Å². The minimum Gasteiger partial charge on any atom is -0.475 e. The molecule has 3 atom stereocenters. The van der Waals surface area contributed by atoms with Crippen molar-refractivity contribution < 1.29 is 4.74 Å². The van der Waals surface area contributed by atoms with E-state index in [4.69, 9.17) is 21.3 Å². The Morgan fingerprint density at radius 2 is 1.82 bits per heavy atom. The van der Waals surface area contributed by atoms with Crippen LogP contribution in [0.4, 0.5) is 11.5 Å². The molecule has 40 heavy (non-hydrogen) atoms. The van der Waals surface area contributed by atoms with Crippen molar-refractivity contribution in [1.82, 2.24) is 15.2 Å². The Hall–Kier alpha value is -2.76. The Kier molecular flexibility index (Phi) is 7.71. The van der Waals surface area contributed by atoms with Crippen LogP contribution in [0, 0.1) is 11.3 Å². The first-order chi connectivity index (χ1) is 19.1. The fourth-order valence-electron chi connectivity index (χ4n) is 7.15. The quantitative estimate of drug-likeness (QED) is 0.448. The van der Waals surface area contributed by atoms with Gasteiger partial charge in [0.15, 0.2) is 0 Å². The maximum atomic E-state index is 10.4. The van der Waals surface area contributed by atoms with Gasteiger partial charge in [-0.1, -0.05) is 35.9 Å². The normalized spacial score (nSPS) is 24.1. The van der Waals surface area contributed by atoms with Gasteiger partial charge in [0, 0.05) is 66.5 Å². The van der Waals surface area contributed by atoms with Crippen LogP contribution in [-0.2, 0) is 13.0 Å². The van der Waals surface area contributed by atoms with Crippen molar-refractivity contribution in [3.8, 4) is 11.9 Å². The fraction of sp³-hybridized carbons (Fsp3) is 0.484. The van der Waals surface area contributed by atoms with E-state index in [1.54, 1.807) is 0 Å². The molecule has 5 heterocycles. The number of anilines is 2. The van der Waals surface area contributed by atoms with Gasteiger partial charge in [-0.25, -0.2) is 0 Å². The van der Waals surface area contributed by atoms with Gasteiger partial charge in [0.2, 0.25) is 5.88 Å². The van der Waals surface area contributed by atoms with Crippen LogP contribution in [0.5, 0.6) is 5.88 Å². The lowest BCUT2D eigenvalue weighted by molar-refractivity contribution is 0.192. The molecule has 2 unspecified atom stereocenters. The number of fused-ring (bicyclic) bond motifs is 4. The molecular formula is C31H36Cl2N6O. The van der Waals surface area contributed by atoms with Gasteiger partial charge >= 0.3 is 0 Å². The van der Waals surface area contributed by atoms with Crippen LogP contribution in [0.2, 0.25) is 5.02 Å². The number of aromatic nitrogens is 1. The molecular weight excluding hydrogens is 543 g/mol. The molecule has 210 valence electrons. The third-order valence-corrected chi connectivity index (χ3v) is 9.54. The number of nitrogens with zero attached hydrogens (tertiary/aromatic N) is 5. The van der Waals surface area contributed by atoms with E-state index >= 15 is 0 Å². The van der Waals surface area contributed by atoms with Gasteiger partial charge in [0.25, 0.3) is 0 Å². The lowest BCUT2D eigenvalue weighted by Crippen LogP contribution is -2.52. The van der Waals surface area contributed by atoms with Crippen molar-refractivity contribution in [2.24, 2.45) is 0 Å². The summed E-state index contributed by atoms with van der Waals surface area (Å²) in [4.78, 5) is 12.3. The van der Waals surface area contributed by atoms with Crippen LogP contribution in [0.1, 0.15) is 42.4 Å². The van der Waals surface area contributed by atoms with Gasteiger partial charge in [0.1, 0.15) is 24.1 Å². The van der Waals surface area contributed by atoms with Crippen molar-refractivity contribution in [3.05, 3.63) is 58.1 Å². The lowest BCUT2D eigenvalue weighted by atomic mass is 9.94. The molecule has 7 rings (SSSR count). The molecule has 4 aliphatic heterocycles. The summed E-state index contributed by atoms with van der Waals surface area (Å²) in [5.41, 5.74) is 3.96. The van der Waals surface area contributed by atoms with Crippen LogP contribution in [-0.4, -0.2) is 67.8 Å². The molecule has 1 N–H and O–H groups in total. The highest BCUT2D eigenvalue weighted by atomic mass is 35.5. The van der Waals surface area contributed by atoms with Crippen molar-refractivity contribution in [2.45, 2.75) is 56.8 Å². The average molecular weight is 580 g/mol. The maximum Gasteiger partial charge on any atom is 0.234 e. The Balaban J connectivity index is 0.00000289. The second kappa shape index (κ2) is 11.3. The zero-order valence-electron chi connectivity index (χ0n) is 22.9. The van der Waals surface area contributed by atoms with Crippen molar-refractivity contribution in [3.63, 3.8) is 0 Å². The Bertz CT molecular complexity index is 1440. The molecule has 0 saturated carbocycles. The standard InChI is InChI=1S/C31H35ClN6O.ClH/c1-36-13-4-7-23(36)19-39-31-25(15-33)26-18-37(28-9-3-6-20-5-2-8-27(32)29(20)28)14-12-24(26)30(35-31)38-16-21-10-11-22(17-38)34-21;/h2-3,5-6,8-9,21-23,34H,4,7,10-14,16-19H2,1H3;1H/t21?,22?,23-;/m0./s1. The largest absolute Gasteiger partial charge is 0.475 e. The number of nitriles is 1. The van der Waals surface area contributed by atoms with Gasteiger partial charge in [-0.2, -0.15) is 10.2 Å². The molecule has 7 nitrogen and oxygen atoms in total. The summed E-state index contributed by atoms with van der Waals surface area (Å²) >= 11 is 6.72. The summed E-state index contributed by atoms with van der Waals surface area (Å²) in [7, 11) is 2.15. The predicted molar refractivity (Wildman–Crippen MR) is 163 cm³/mol. The maximum absolute atomic E-state index is 10.4. The van der Waals surface area contributed by atoms with E-state index in [1.807, 2.05) is 12.1 Å². The summed E-state index contributed by atoms with van der Waals surface area (Å²) in [6.07, 6.45) is 5.56. The molecule has 3 fully saturated rings. The van der Waals surface area contributed by atoms with Gasteiger partial charge in [-0.3, -0.25) is 0 Å². The number of piperazine rings is 1. The van der Waals surface area contributed by atoms with E-state index in [-0.39, 0.29) is 12.4 Å². The van der Waals surface area contributed by atoms with Crippen LogP contribution >= 0.6 is 24.0 Å². The summed E-state index contributed by atoms with van der Waals surface area (Å²) < 4.78 is 6.42. The van der Waals surface area contributed by atoms with Crippen molar-refractivity contribution in [1.29, 1.82) is 5.26 Å². The van der Waals surface area contributed by atoms with Gasteiger partial charge < -0.3 is 24.8 Å². The molecule has 4 aliphatic rings. The first kappa shape index (κ1) is 27.4. The highest BCUT2D eigenvalue weighted by molar-refractivity contribution is 6.36. The molecule has 9 heteroatoms. The van der Waals surface area contributed by atoms with E-state index < -0.39 is 0 Å². The predicted octanol–water partition coefficient (Wildman–Crippen LogP) is 5.16. The first-order valence-electron chi connectivity index (χ1n) is 14.3. The lowest BCUT2D eigenvalue weighted by Gasteiger charge is -2.38. The topological polar surface area (TPSA) is 67.7 Å². The third kappa shape index (κ3) is 4.86. The third-order valence-electron chi connectivity index (χ3n) is 9.22. The zero-order chi connectivity index (χ0) is 26.5. The molecule has 3 aromatic rings. The molecule has 0 spiro atoms. The van der Waals surface area contributed by atoms with Crippen LogP contribution in [0.3, 0.4) is 0 Å². The Morgan fingerprint density at radius 3 is 2.55 bits per heavy atom. The molecule has 3 saturated heterocycles. The van der Waals surface area contributed by atoms with E-state index in [0.29, 0.717) is 42.7 Å². The summed E-state index contributed by atoms with van der Waals surface area (Å²) in [5.74, 6) is 1.52. The zero-order valence-corrected chi connectivity index (χ0v) is 24.5. The highest BCUT2D eigenvalue weighted by Gasteiger charge is 2.36. The smallest absolute Gasteiger partial charge is 0.234 e. The number of rotatable bonds is 5. The molecule has 0 aliphatic carbocycles. The SMILES string of the molecule is CN1CCC[C@H]1COc1nc(N2CC3CCC(C2)N3)c2c(c1C#N)CN(c1cccc3cccc(Cl)c13)CC2.Cl. The molecule has 0 amide bonds. The number of halogens is 2. The number of ether oxygens (including phenoxy) is 1. The molecule has 2 bridgehead atoms. The minimum absolute atomic E-state index is 0. The van der Waals surface area contributed by atoms with E-state index in [2.05, 4.69) is 57.4 Å². The second-order valence-corrected chi connectivity index (χ2v) is 12.0. The number of hydrogen-bond donors (Lipinski definition) is 1. The number of nitrogens with one attached hydrogen (secondary N) is 1. The van der Waals surface area contributed by atoms with Crippen LogP contribution in [0.15, 0.2) is 36.4 Å². The summed E-state index contributed by atoms with van der Waals surface area (Å²) in [6, 6.07) is 16.3. The monoisotopic (exact) mass is 578 g/mol. The summed E-state index contributed by atoms with van der Waals surface area (Å²) in [5, 5.41) is 17.1. The van der Waals surface area contributed by atoms with Gasteiger partial charge in [0.05, 0.1) is 5.02 Å². The molecule has 0 radical (unpaired) electrons. The number of likely N-dealkylation sites (tertiary alicyclic amines) is 1. The Morgan fingerprint density at radius 1 is 1.05 bits per heavy atom. The van der Waals surface area contributed by atoms with Gasteiger partial charge in [-0.15, -0.1) is 12.4 Å². The van der Waals surface area contributed by atoms with E-state index in [1.165, 1.54) is 24.8 Å². The van der Waals surface area contributed by atoms with Crippen molar-refractivity contribution >= 4 is 46.3 Å². The van der Waals surface area contributed by atoms with Crippen molar-refractivity contribution in [2.75, 3.05) is 49.6 Å². The molecule has 2 aromatic carbocycles. The first-order valence-corrected chi connectivity index (χ1v) is 14.7. The minimum atomic E-state index is 0.